The Kier molecular flexibility index (Phi) is 4.42. The van der Waals surface area contributed by atoms with Crippen molar-refractivity contribution in [3.8, 4) is 5.75 Å². The molecule has 5 nitrogen and oxygen atoms in total. The third-order valence-corrected chi connectivity index (χ3v) is 3.24. The van der Waals surface area contributed by atoms with E-state index in [4.69, 9.17) is 4.74 Å². The molecule has 2 aromatic rings. The number of hydrogen-bond donors (Lipinski definition) is 2. The first-order chi connectivity index (χ1) is 10.0. The van der Waals surface area contributed by atoms with Gasteiger partial charge in [-0.25, -0.2) is 0 Å². The summed E-state index contributed by atoms with van der Waals surface area (Å²) < 4.78 is 5.16. The van der Waals surface area contributed by atoms with E-state index in [-0.39, 0.29) is 17.0 Å². The molecule has 5 heteroatoms. The van der Waals surface area contributed by atoms with Gasteiger partial charge in [-0.2, -0.15) is 0 Å². The zero-order chi connectivity index (χ0) is 15.4. The topological polar surface area (TPSA) is 71.2 Å². The van der Waals surface area contributed by atoms with Gasteiger partial charge in [0, 0.05) is 18.0 Å². The Balaban J connectivity index is 2.16. The summed E-state index contributed by atoms with van der Waals surface area (Å²) in [5, 5.41) is 2.81. The van der Waals surface area contributed by atoms with Crippen molar-refractivity contribution in [2.75, 3.05) is 7.11 Å². The molecule has 2 N–H and O–H groups in total. The van der Waals surface area contributed by atoms with Gasteiger partial charge in [0.25, 0.3) is 5.91 Å². The minimum Gasteiger partial charge on any atom is -0.497 e. The number of carbonyl (C=O) groups excluding carboxylic acids is 1. The number of aromatic amines is 1. The molecule has 0 fully saturated rings. The fraction of sp³-hybridized carbons (Fsp3) is 0.250. The van der Waals surface area contributed by atoms with Crippen LogP contribution in [0.2, 0.25) is 0 Å². The van der Waals surface area contributed by atoms with Crippen LogP contribution in [0.25, 0.3) is 0 Å². The molecule has 0 radical (unpaired) electrons. The van der Waals surface area contributed by atoms with Crippen molar-refractivity contribution in [2.45, 2.75) is 19.9 Å². The van der Waals surface area contributed by atoms with Crippen LogP contribution >= 0.6 is 0 Å². The summed E-state index contributed by atoms with van der Waals surface area (Å²) in [6, 6.07) is 8.62. The number of hydrogen-bond acceptors (Lipinski definition) is 3. The zero-order valence-corrected chi connectivity index (χ0v) is 12.3. The van der Waals surface area contributed by atoms with E-state index in [2.05, 4.69) is 10.3 Å². The number of H-pyrrole nitrogens is 1. The predicted octanol–water partition coefficient (Wildman–Crippen LogP) is 2.18. The maximum absolute atomic E-state index is 12.2. The monoisotopic (exact) mass is 286 g/mol. The lowest BCUT2D eigenvalue weighted by atomic mass is 10.1. The van der Waals surface area contributed by atoms with Gasteiger partial charge < -0.3 is 15.0 Å². The summed E-state index contributed by atoms with van der Waals surface area (Å²) in [4.78, 5) is 26.8. The Morgan fingerprint density at radius 3 is 2.76 bits per heavy atom. The Hall–Kier alpha value is -2.56. The maximum Gasteiger partial charge on any atom is 0.257 e. The van der Waals surface area contributed by atoms with Crippen molar-refractivity contribution in [1.82, 2.24) is 10.3 Å². The number of methoxy groups -OCH3 is 1. The molecule has 0 bridgehead atoms. The first kappa shape index (κ1) is 14.8. The molecule has 1 aromatic carbocycles. The second-order valence-corrected chi connectivity index (χ2v) is 4.87. The number of amides is 1. The Morgan fingerprint density at radius 1 is 1.33 bits per heavy atom. The van der Waals surface area contributed by atoms with Crippen molar-refractivity contribution in [3.05, 3.63) is 63.6 Å². The highest BCUT2D eigenvalue weighted by Crippen LogP contribution is 2.18. The van der Waals surface area contributed by atoms with Gasteiger partial charge in [0.05, 0.1) is 13.2 Å². The van der Waals surface area contributed by atoms with E-state index in [1.165, 1.54) is 12.3 Å². The maximum atomic E-state index is 12.2. The van der Waals surface area contributed by atoms with E-state index in [1.54, 1.807) is 14.0 Å². The van der Waals surface area contributed by atoms with Crippen molar-refractivity contribution >= 4 is 5.91 Å². The fourth-order valence-corrected chi connectivity index (χ4v) is 2.02. The van der Waals surface area contributed by atoms with Gasteiger partial charge in [-0.1, -0.05) is 12.1 Å². The standard InChI is InChI=1S/C16H18N2O3/c1-10-7-15(19)14(9-17-10)16(20)18-11(2)12-5-4-6-13(8-12)21-3/h4-9,11H,1-3H3,(H,17,19)(H,18,20). The van der Waals surface area contributed by atoms with Crippen LogP contribution in [-0.4, -0.2) is 18.0 Å². The summed E-state index contributed by atoms with van der Waals surface area (Å²) in [7, 11) is 1.59. The highest BCUT2D eigenvalue weighted by atomic mass is 16.5. The van der Waals surface area contributed by atoms with Crippen molar-refractivity contribution in [2.24, 2.45) is 0 Å². The summed E-state index contributed by atoms with van der Waals surface area (Å²) in [5.74, 6) is 0.327. The van der Waals surface area contributed by atoms with E-state index < -0.39 is 5.91 Å². The minimum atomic E-state index is -0.397. The molecule has 21 heavy (non-hydrogen) atoms. The number of rotatable bonds is 4. The van der Waals surface area contributed by atoms with Gasteiger partial charge in [-0.3, -0.25) is 9.59 Å². The van der Waals surface area contributed by atoms with E-state index in [0.29, 0.717) is 0 Å². The van der Waals surface area contributed by atoms with Crippen LogP contribution in [0.15, 0.2) is 41.3 Å². The molecule has 110 valence electrons. The minimum absolute atomic E-state index is 0.107. The van der Waals surface area contributed by atoms with Crippen LogP contribution in [0.4, 0.5) is 0 Å². The van der Waals surface area contributed by atoms with Gasteiger partial charge in [-0.15, -0.1) is 0 Å². The molecule has 0 saturated carbocycles. The SMILES string of the molecule is COc1cccc(C(C)NC(=O)c2c[nH]c(C)cc2=O)c1. The van der Waals surface area contributed by atoms with E-state index in [0.717, 1.165) is 17.0 Å². The van der Waals surface area contributed by atoms with Crippen LogP contribution in [-0.2, 0) is 0 Å². The number of aryl methyl sites for hydroxylation is 1. The van der Waals surface area contributed by atoms with Gasteiger partial charge in [-0.05, 0) is 31.5 Å². The van der Waals surface area contributed by atoms with Crippen LogP contribution in [0.1, 0.15) is 34.6 Å². The second-order valence-electron chi connectivity index (χ2n) is 4.87. The average molecular weight is 286 g/mol. The molecular formula is C16H18N2O3. The lowest BCUT2D eigenvalue weighted by Gasteiger charge is -2.15. The van der Waals surface area contributed by atoms with Crippen molar-refractivity contribution < 1.29 is 9.53 Å². The molecular weight excluding hydrogens is 268 g/mol. The highest BCUT2D eigenvalue weighted by molar-refractivity contribution is 5.94. The number of nitrogens with one attached hydrogen (secondary N) is 2. The van der Waals surface area contributed by atoms with E-state index >= 15 is 0 Å². The van der Waals surface area contributed by atoms with E-state index in [9.17, 15) is 9.59 Å². The smallest absolute Gasteiger partial charge is 0.257 e. The molecule has 2 rings (SSSR count). The second kappa shape index (κ2) is 6.26. The summed E-state index contributed by atoms with van der Waals surface area (Å²) >= 11 is 0. The normalized spacial score (nSPS) is 11.8. The van der Waals surface area contributed by atoms with Gasteiger partial charge in [0.2, 0.25) is 0 Å². The quantitative estimate of drug-likeness (QED) is 0.905. The molecule has 0 aliphatic carbocycles. The van der Waals surface area contributed by atoms with Gasteiger partial charge >= 0.3 is 0 Å². The van der Waals surface area contributed by atoms with Crippen LogP contribution in [0.3, 0.4) is 0 Å². The van der Waals surface area contributed by atoms with Crippen molar-refractivity contribution in [3.63, 3.8) is 0 Å². The summed E-state index contributed by atoms with van der Waals surface area (Å²) in [6.45, 7) is 3.62. The Labute approximate surface area is 123 Å². The number of carbonyl (C=O) groups is 1. The molecule has 1 unspecified atom stereocenters. The molecule has 0 saturated heterocycles. The molecule has 1 aromatic heterocycles. The zero-order valence-electron chi connectivity index (χ0n) is 12.3. The van der Waals surface area contributed by atoms with Crippen molar-refractivity contribution in [1.29, 1.82) is 0 Å². The van der Waals surface area contributed by atoms with Crippen LogP contribution < -0.4 is 15.5 Å². The summed E-state index contributed by atoms with van der Waals surface area (Å²) in [6.07, 6.45) is 1.44. The summed E-state index contributed by atoms with van der Waals surface area (Å²) in [5.41, 5.74) is 1.44. The number of benzene rings is 1. The first-order valence-corrected chi connectivity index (χ1v) is 6.65. The van der Waals surface area contributed by atoms with Crippen LogP contribution in [0, 0.1) is 6.92 Å². The average Bonchev–Trinajstić information content (AvgIpc) is 2.47. The molecule has 0 spiro atoms. The largest absolute Gasteiger partial charge is 0.497 e. The first-order valence-electron chi connectivity index (χ1n) is 6.65. The number of ether oxygens (including phenoxy) is 1. The van der Waals surface area contributed by atoms with E-state index in [1.807, 2.05) is 31.2 Å². The van der Waals surface area contributed by atoms with Crippen LogP contribution in [0.5, 0.6) is 5.75 Å². The highest BCUT2D eigenvalue weighted by Gasteiger charge is 2.14. The number of aromatic nitrogens is 1. The number of pyridine rings is 1. The Bertz CT molecular complexity index is 707. The molecule has 1 atom stereocenters. The third-order valence-electron chi connectivity index (χ3n) is 3.24. The van der Waals surface area contributed by atoms with Gasteiger partial charge in [0.1, 0.15) is 11.3 Å². The lowest BCUT2D eigenvalue weighted by Crippen LogP contribution is -2.30. The molecule has 0 aliphatic heterocycles. The molecule has 0 aliphatic rings. The molecule has 1 heterocycles. The Morgan fingerprint density at radius 2 is 2.10 bits per heavy atom. The van der Waals surface area contributed by atoms with Gasteiger partial charge in [0.15, 0.2) is 5.43 Å². The fourth-order valence-electron chi connectivity index (χ4n) is 2.02. The lowest BCUT2D eigenvalue weighted by molar-refractivity contribution is 0.0938. The third kappa shape index (κ3) is 3.51. The predicted molar refractivity (Wildman–Crippen MR) is 80.7 cm³/mol. The molecule has 1 amide bonds.